The number of likely N-dealkylation sites (N-methyl/N-ethyl adjacent to an activating group) is 1. The molecule has 0 aliphatic carbocycles. The summed E-state index contributed by atoms with van der Waals surface area (Å²) < 4.78 is 5.19. The average Bonchev–Trinajstić information content (AvgIpc) is 2.03. The molecule has 0 heterocycles. The maximum atomic E-state index is 11.6. The molecule has 3 heteroatoms. The van der Waals surface area contributed by atoms with Gasteiger partial charge in [-0.3, -0.25) is 4.79 Å². The van der Waals surface area contributed by atoms with Crippen LogP contribution >= 0.6 is 0 Å². The monoisotopic (exact) mass is 201 g/mol. The molecular formula is C11H23NO2. The number of hydrogen-bond acceptors (Lipinski definition) is 3. The van der Waals surface area contributed by atoms with Crippen molar-refractivity contribution in [1.82, 2.24) is 4.90 Å². The molecule has 0 aliphatic heterocycles. The number of rotatable bonds is 6. The summed E-state index contributed by atoms with van der Waals surface area (Å²) in [6, 6.07) is 0. The van der Waals surface area contributed by atoms with E-state index in [1.54, 1.807) is 0 Å². The first-order valence-corrected chi connectivity index (χ1v) is 5.22. The zero-order valence-electron chi connectivity index (χ0n) is 10.1. The standard InChI is InChI=1S/C11H23NO2/c1-6-7-11(2,3)10(13)14-9-8-12(4)5/h6-9H2,1-5H3. The van der Waals surface area contributed by atoms with Crippen LogP contribution in [-0.2, 0) is 9.53 Å². The van der Waals surface area contributed by atoms with E-state index < -0.39 is 0 Å². The van der Waals surface area contributed by atoms with Crippen molar-refractivity contribution >= 4 is 5.97 Å². The first kappa shape index (κ1) is 13.4. The lowest BCUT2D eigenvalue weighted by atomic mass is 9.88. The van der Waals surface area contributed by atoms with Gasteiger partial charge in [0.05, 0.1) is 5.41 Å². The third-order valence-corrected chi connectivity index (χ3v) is 2.20. The van der Waals surface area contributed by atoms with Gasteiger partial charge >= 0.3 is 5.97 Å². The Morgan fingerprint density at radius 2 is 1.93 bits per heavy atom. The van der Waals surface area contributed by atoms with Crippen LogP contribution < -0.4 is 0 Å². The highest BCUT2D eigenvalue weighted by atomic mass is 16.5. The minimum Gasteiger partial charge on any atom is -0.464 e. The van der Waals surface area contributed by atoms with Crippen molar-refractivity contribution in [3.05, 3.63) is 0 Å². The largest absolute Gasteiger partial charge is 0.464 e. The molecule has 0 amide bonds. The van der Waals surface area contributed by atoms with Crippen LogP contribution in [0.2, 0.25) is 0 Å². The molecule has 0 aromatic carbocycles. The lowest BCUT2D eigenvalue weighted by Crippen LogP contribution is -2.29. The number of esters is 1. The zero-order valence-corrected chi connectivity index (χ0v) is 10.1. The molecule has 0 radical (unpaired) electrons. The number of ether oxygens (including phenoxy) is 1. The average molecular weight is 201 g/mol. The zero-order chi connectivity index (χ0) is 11.2. The Kier molecular flexibility index (Phi) is 5.77. The maximum Gasteiger partial charge on any atom is 0.311 e. The van der Waals surface area contributed by atoms with Gasteiger partial charge in [-0.1, -0.05) is 13.3 Å². The fourth-order valence-electron chi connectivity index (χ4n) is 1.24. The quantitative estimate of drug-likeness (QED) is 0.615. The Hall–Kier alpha value is -0.570. The summed E-state index contributed by atoms with van der Waals surface area (Å²) in [6.07, 6.45) is 1.89. The van der Waals surface area contributed by atoms with Crippen molar-refractivity contribution in [2.45, 2.75) is 33.6 Å². The molecule has 0 bridgehead atoms. The first-order chi connectivity index (χ1) is 6.40. The molecule has 0 aliphatic rings. The second-order valence-electron chi connectivity index (χ2n) is 4.57. The number of nitrogens with zero attached hydrogens (tertiary/aromatic N) is 1. The Labute approximate surface area is 87.4 Å². The van der Waals surface area contributed by atoms with Crippen molar-refractivity contribution in [2.24, 2.45) is 5.41 Å². The predicted molar refractivity (Wildman–Crippen MR) is 58.2 cm³/mol. The van der Waals surface area contributed by atoms with E-state index in [0.29, 0.717) is 6.61 Å². The summed E-state index contributed by atoms with van der Waals surface area (Å²) in [5.41, 5.74) is -0.332. The van der Waals surface area contributed by atoms with Gasteiger partial charge in [0, 0.05) is 6.54 Å². The molecule has 3 nitrogen and oxygen atoms in total. The van der Waals surface area contributed by atoms with Gasteiger partial charge in [-0.05, 0) is 34.4 Å². The van der Waals surface area contributed by atoms with E-state index in [9.17, 15) is 4.79 Å². The molecule has 14 heavy (non-hydrogen) atoms. The van der Waals surface area contributed by atoms with Gasteiger partial charge in [-0.2, -0.15) is 0 Å². The predicted octanol–water partition coefficient (Wildman–Crippen LogP) is 1.92. The Morgan fingerprint density at radius 3 is 2.36 bits per heavy atom. The topological polar surface area (TPSA) is 29.5 Å². The summed E-state index contributed by atoms with van der Waals surface area (Å²) in [5.74, 6) is -0.0822. The second kappa shape index (κ2) is 6.02. The molecule has 0 aromatic heterocycles. The SMILES string of the molecule is CCCC(C)(C)C(=O)OCCN(C)C. The Morgan fingerprint density at radius 1 is 1.36 bits per heavy atom. The fourth-order valence-corrected chi connectivity index (χ4v) is 1.24. The molecule has 0 atom stereocenters. The molecule has 0 saturated carbocycles. The highest BCUT2D eigenvalue weighted by Gasteiger charge is 2.27. The summed E-state index contributed by atoms with van der Waals surface area (Å²) in [7, 11) is 3.93. The van der Waals surface area contributed by atoms with E-state index in [1.165, 1.54) is 0 Å². The highest BCUT2D eigenvalue weighted by Crippen LogP contribution is 2.23. The molecule has 84 valence electrons. The third kappa shape index (κ3) is 5.22. The smallest absolute Gasteiger partial charge is 0.311 e. The van der Waals surface area contributed by atoms with E-state index in [0.717, 1.165) is 19.4 Å². The maximum absolute atomic E-state index is 11.6. The highest BCUT2D eigenvalue weighted by molar-refractivity contribution is 5.75. The van der Waals surface area contributed by atoms with Crippen molar-refractivity contribution < 1.29 is 9.53 Å². The summed E-state index contributed by atoms with van der Waals surface area (Å²) in [5, 5.41) is 0. The number of hydrogen-bond donors (Lipinski definition) is 0. The van der Waals surface area contributed by atoms with E-state index >= 15 is 0 Å². The molecule has 0 unspecified atom stereocenters. The molecule has 0 saturated heterocycles. The summed E-state index contributed by atoms with van der Waals surface area (Å²) in [6.45, 7) is 7.23. The Bertz CT molecular complexity index is 176. The van der Waals surface area contributed by atoms with E-state index in [-0.39, 0.29) is 11.4 Å². The van der Waals surface area contributed by atoms with Crippen LogP contribution in [0.25, 0.3) is 0 Å². The van der Waals surface area contributed by atoms with Gasteiger partial charge in [-0.25, -0.2) is 0 Å². The van der Waals surface area contributed by atoms with Gasteiger partial charge < -0.3 is 9.64 Å². The molecule has 0 rings (SSSR count). The molecule has 0 aromatic rings. The Balaban J connectivity index is 3.83. The van der Waals surface area contributed by atoms with Gasteiger partial charge in [0.15, 0.2) is 0 Å². The van der Waals surface area contributed by atoms with Crippen LogP contribution in [0.5, 0.6) is 0 Å². The van der Waals surface area contributed by atoms with Gasteiger partial charge in [0.2, 0.25) is 0 Å². The van der Waals surface area contributed by atoms with Gasteiger partial charge in [0.25, 0.3) is 0 Å². The van der Waals surface area contributed by atoms with Gasteiger partial charge in [-0.15, -0.1) is 0 Å². The molecule has 0 N–H and O–H groups in total. The van der Waals surface area contributed by atoms with E-state index in [2.05, 4.69) is 6.92 Å². The first-order valence-electron chi connectivity index (χ1n) is 5.22. The van der Waals surface area contributed by atoms with Crippen molar-refractivity contribution in [1.29, 1.82) is 0 Å². The summed E-state index contributed by atoms with van der Waals surface area (Å²) in [4.78, 5) is 13.6. The van der Waals surface area contributed by atoms with Crippen molar-refractivity contribution in [2.75, 3.05) is 27.2 Å². The summed E-state index contributed by atoms with van der Waals surface area (Å²) >= 11 is 0. The van der Waals surface area contributed by atoms with Crippen LogP contribution in [0, 0.1) is 5.41 Å². The lowest BCUT2D eigenvalue weighted by molar-refractivity contribution is -0.154. The van der Waals surface area contributed by atoms with E-state index in [1.807, 2.05) is 32.8 Å². The molecule has 0 spiro atoms. The van der Waals surface area contributed by atoms with Crippen molar-refractivity contribution in [3.63, 3.8) is 0 Å². The number of carbonyl (C=O) groups excluding carboxylic acids is 1. The van der Waals surface area contributed by atoms with Crippen LogP contribution in [0.15, 0.2) is 0 Å². The van der Waals surface area contributed by atoms with Gasteiger partial charge in [0.1, 0.15) is 6.61 Å². The lowest BCUT2D eigenvalue weighted by Gasteiger charge is -2.22. The van der Waals surface area contributed by atoms with Crippen molar-refractivity contribution in [3.8, 4) is 0 Å². The minimum absolute atomic E-state index is 0.0822. The normalized spacial score (nSPS) is 11.9. The molecular weight excluding hydrogens is 178 g/mol. The van der Waals surface area contributed by atoms with Crippen LogP contribution in [0.1, 0.15) is 33.6 Å². The minimum atomic E-state index is -0.332. The van der Waals surface area contributed by atoms with Crippen LogP contribution in [0.3, 0.4) is 0 Å². The number of carbonyl (C=O) groups is 1. The fraction of sp³-hybridized carbons (Fsp3) is 0.909. The van der Waals surface area contributed by atoms with E-state index in [4.69, 9.17) is 4.74 Å². The third-order valence-electron chi connectivity index (χ3n) is 2.20. The second-order valence-corrected chi connectivity index (χ2v) is 4.57. The molecule has 0 fully saturated rings. The van der Waals surface area contributed by atoms with Crippen LogP contribution in [-0.4, -0.2) is 38.1 Å². The van der Waals surface area contributed by atoms with Crippen LogP contribution in [0.4, 0.5) is 0 Å².